The third kappa shape index (κ3) is 7.54. The van der Waals surface area contributed by atoms with Crippen LogP contribution in [0.2, 0.25) is 0 Å². The number of thiophene rings is 1. The Labute approximate surface area is 275 Å². The van der Waals surface area contributed by atoms with Crippen molar-refractivity contribution in [2.45, 2.75) is 64.5 Å². The number of hydrogen-bond acceptors (Lipinski definition) is 9. The second-order valence-corrected chi connectivity index (χ2v) is 13.8. The predicted molar refractivity (Wildman–Crippen MR) is 177 cm³/mol. The van der Waals surface area contributed by atoms with Gasteiger partial charge < -0.3 is 15.6 Å². The number of halogens is 3. The van der Waals surface area contributed by atoms with Gasteiger partial charge in [-0.1, -0.05) is 6.07 Å². The molecule has 2 fully saturated rings. The zero-order chi connectivity index (χ0) is 33.3. The Hall–Kier alpha value is -3.77. The minimum absolute atomic E-state index is 0.167. The van der Waals surface area contributed by atoms with Gasteiger partial charge in [-0.25, -0.2) is 9.97 Å². The first-order valence-corrected chi connectivity index (χ1v) is 16.9. The number of benzene rings is 1. The fraction of sp³-hybridized carbons (Fsp3) is 0.515. The van der Waals surface area contributed by atoms with Crippen molar-refractivity contribution in [3.8, 4) is 6.07 Å². The Bertz CT molecular complexity index is 1780. The predicted octanol–water partition coefficient (Wildman–Crippen LogP) is 4.50. The zero-order valence-electron chi connectivity index (χ0n) is 26.7. The largest absolute Gasteiger partial charge is 0.393 e. The lowest BCUT2D eigenvalue weighted by atomic mass is 10.0. The van der Waals surface area contributed by atoms with Crippen molar-refractivity contribution in [3.05, 3.63) is 52.3 Å². The van der Waals surface area contributed by atoms with E-state index in [4.69, 9.17) is 5.73 Å². The summed E-state index contributed by atoms with van der Waals surface area (Å²) in [5.74, 6) is 0.300. The summed E-state index contributed by atoms with van der Waals surface area (Å²) >= 11 is 1.06. The van der Waals surface area contributed by atoms with Gasteiger partial charge in [-0.05, 0) is 56.0 Å². The Kier molecular flexibility index (Phi) is 9.70. The molecule has 47 heavy (non-hydrogen) atoms. The summed E-state index contributed by atoms with van der Waals surface area (Å²) in [4.78, 5) is 27.8. The Morgan fingerprint density at radius 1 is 1.09 bits per heavy atom. The highest BCUT2D eigenvalue weighted by atomic mass is 32.1. The van der Waals surface area contributed by atoms with Gasteiger partial charge in [0.15, 0.2) is 0 Å². The first-order valence-electron chi connectivity index (χ1n) is 16.1. The van der Waals surface area contributed by atoms with Crippen molar-refractivity contribution < 1.29 is 18.0 Å². The molecule has 14 heteroatoms. The summed E-state index contributed by atoms with van der Waals surface area (Å²) in [6, 6.07) is 10.2. The summed E-state index contributed by atoms with van der Waals surface area (Å²) in [6.07, 6.45) is -2.04. The lowest BCUT2D eigenvalue weighted by Gasteiger charge is -2.37. The van der Waals surface area contributed by atoms with E-state index in [-0.39, 0.29) is 22.9 Å². The number of fused-ring (bicyclic) bond motifs is 2. The number of primary amides is 1. The van der Waals surface area contributed by atoms with Crippen LogP contribution in [-0.4, -0.2) is 99.2 Å². The number of nitrogens with zero attached hydrogens (tertiary/aromatic N) is 7. The molecular weight excluding hydrogens is 627 g/mol. The first kappa shape index (κ1) is 33.1. The number of amides is 1. The molecule has 2 aliphatic heterocycles. The smallest absolute Gasteiger partial charge is 0.368 e. The molecule has 3 aromatic heterocycles. The van der Waals surface area contributed by atoms with Crippen LogP contribution < -0.4 is 11.1 Å². The monoisotopic (exact) mass is 667 g/mol. The molecule has 4 aromatic rings. The van der Waals surface area contributed by atoms with Crippen LogP contribution >= 0.6 is 11.3 Å². The van der Waals surface area contributed by atoms with Crippen LogP contribution in [0, 0.1) is 18.3 Å². The number of aryl methyl sites for hydroxylation is 1. The van der Waals surface area contributed by atoms with Gasteiger partial charge >= 0.3 is 6.18 Å². The quantitative estimate of drug-likeness (QED) is 0.254. The van der Waals surface area contributed by atoms with Gasteiger partial charge in [0.2, 0.25) is 5.91 Å². The first-order chi connectivity index (χ1) is 22.5. The van der Waals surface area contributed by atoms with Crippen molar-refractivity contribution in [2.24, 2.45) is 5.73 Å². The number of alkyl halides is 3. The maximum Gasteiger partial charge on any atom is 0.393 e. The van der Waals surface area contributed by atoms with Crippen LogP contribution in [0.4, 0.5) is 19.0 Å². The number of aromatic nitrogens is 3. The normalized spacial score (nSPS) is 18.1. The van der Waals surface area contributed by atoms with Crippen LogP contribution in [0.25, 0.3) is 21.1 Å². The fourth-order valence-corrected chi connectivity index (χ4v) is 7.82. The highest BCUT2D eigenvalue weighted by Crippen LogP contribution is 2.33. The molecule has 1 amide bonds. The SMILES string of the molecule is Cc1c(CN2CCC(Nc3ncnc4sc(CC(F)(F)F)cc34)CC2)ccc2c1cc(C#N)n2CCN1CCN(C(C)C(N)=O)CC1. The summed E-state index contributed by atoms with van der Waals surface area (Å²) in [5.41, 5.74) is 9.62. The highest BCUT2D eigenvalue weighted by Gasteiger charge is 2.30. The minimum atomic E-state index is -4.26. The van der Waals surface area contributed by atoms with Crippen LogP contribution in [0.5, 0.6) is 0 Å². The number of nitrogens with one attached hydrogen (secondary N) is 1. The third-order valence-corrected chi connectivity index (χ3v) is 10.7. The third-order valence-electron chi connectivity index (χ3n) is 9.66. The Morgan fingerprint density at radius 2 is 1.83 bits per heavy atom. The van der Waals surface area contributed by atoms with E-state index in [1.807, 2.05) is 13.0 Å². The number of piperidine rings is 1. The number of rotatable bonds is 10. The van der Waals surface area contributed by atoms with E-state index in [2.05, 4.69) is 59.7 Å². The molecule has 1 unspecified atom stereocenters. The van der Waals surface area contributed by atoms with Crippen LogP contribution in [0.3, 0.4) is 0 Å². The van der Waals surface area contributed by atoms with Gasteiger partial charge in [-0.2, -0.15) is 18.4 Å². The molecule has 1 aromatic carbocycles. The van der Waals surface area contributed by atoms with E-state index in [9.17, 15) is 23.2 Å². The molecule has 0 radical (unpaired) electrons. The van der Waals surface area contributed by atoms with Gasteiger partial charge in [0, 0.05) is 80.7 Å². The molecule has 2 saturated heterocycles. The summed E-state index contributed by atoms with van der Waals surface area (Å²) in [5, 5.41) is 15.2. The van der Waals surface area contributed by atoms with Gasteiger partial charge in [0.25, 0.3) is 0 Å². The highest BCUT2D eigenvalue weighted by molar-refractivity contribution is 7.18. The molecule has 250 valence electrons. The maximum absolute atomic E-state index is 12.9. The molecule has 0 spiro atoms. The second kappa shape index (κ2) is 13.8. The van der Waals surface area contributed by atoms with Crippen molar-refractivity contribution in [2.75, 3.05) is 51.1 Å². The molecule has 3 N–H and O–H groups in total. The average Bonchev–Trinajstić information content (AvgIpc) is 3.62. The molecule has 6 rings (SSSR count). The molecule has 0 bridgehead atoms. The topological polar surface area (TPSA) is 119 Å². The molecule has 0 saturated carbocycles. The molecule has 1 atom stereocenters. The lowest BCUT2D eigenvalue weighted by molar-refractivity contribution is -0.126. The molecular formula is C33H40F3N9OS. The van der Waals surface area contributed by atoms with Crippen LogP contribution in [0.1, 0.15) is 41.5 Å². The number of nitrogens with two attached hydrogens (primary N) is 1. The fourth-order valence-electron chi connectivity index (χ4n) is 6.80. The Morgan fingerprint density at radius 3 is 2.51 bits per heavy atom. The van der Waals surface area contributed by atoms with Crippen molar-refractivity contribution in [1.82, 2.24) is 29.2 Å². The number of carbonyl (C=O) groups excluding carboxylic acids is 1. The average molecular weight is 668 g/mol. The van der Waals surface area contributed by atoms with E-state index in [1.165, 1.54) is 17.5 Å². The number of nitriles is 1. The van der Waals surface area contributed by atoms with Crippen molar-refractivity contribution in [3.63, 3.8) is 0 Å². The van der Waals surface area contributed by atoms with E-state index in [0.29, 0.717) is 28.3 Å². The number of likely N-dealkylation sites (tertiary alicyclic amines) is 1. The molecule has 0 aliphatic carbocycles. The second-order valence-electron chi connectivity index (χ2n) is 12.7. The van der Waals surface area contributed by atoms with E-state index in [1.54, 1.807) is 6.07 Å². The lowest BCUT2D eigenvalue weighted by Crippen LogP contribution is -2.53. The van der Waals surface area contributed by atoms with E-state index >= 15 is 0 Å². The number of carbonyl (C=O) groups is 1. The van der Waals surface area contributed by atoms with Gasteiger partial charge in [0.1, 0.15) is 28.7 Å². The molecule has 10 nitrogen and oxygen atoms in total. The molecule has 5 heterocycles. The van der Waals surface area contributed by atoms with Gasteiger partial charge in [0.05, 0.1) is 17.8 Å². The van der Waals surface area contributed by atoms with Gasteiger partial charge in [-0.15, -0.1) is 11.3 Å². The summed E-state index contributed by atoms with van der Waals surface area (Å²) in [7, 11) is 0. The van der Waals surface area contributed by atoms with Crippen LogP contribution in [0.15, 0.2) is 30.6 Å². The standard InChI is InChI=1S/C33H40F3N9OS/c1-21-23(3-4-29-27(21)15-25(18-37)45(29)14-11-42-9-12-44(13-10-42)22(2)30(38)46)19-43-7-5-24(6-8-43)41-31-28-16-26(17-33(34,35)36)47-32(28)40-20-39-31/h3-4,15-16,20,22,24H,5-14,17,19H2,1-2H3,(H2,38,46)(H,39,40,41). The summed E-state index contributed by atoms with van der Waals surface area (Å²) < 4.78 is 40.9. The van der Waals surface area contributed by atoms with Crippen molar-refractivity contribution >= 4 is 44.2 Å². The van der Waals surface area contributed by atoms with E-state index < -0.39 is 12.6 Å². The molecule has 2 aliphatic rings. The Balaban J connectivity index is 1.05. The van der Waals surface area contributed by atoms with Crippen LogP contribution in [-0.2, 0) is 24.3 Å². The number of piperazine rings is 1. The maximum atomic E-state index is 12.9. The minimum Gasteiger partial charge on any atom is -0.368 e. The van der Waals surface area contributed by atoms with Gasteiger partial charge in [-0.3, -0.25) is 19.5 Å². The van der Waals surface area contributed by atoms with E-state index in [0.717, 1.165) is 87.4 Å². The zero-order valence-corrected chi connectivity index (χ0v) is 27.5. The number of hydrogen-bond donors (Lipinski definition) is 2. The van der Waals surface area contributed by atoms with Crippen molar-refractivity contribution in [1.29, 1.82) is 5.26 Å². The summed E-state index contributed by atoms with van der Waals surface area (Å²) in [6.45, 7) is 11.4. The number of anilines is 1.